The van der Waals surface area contributed by atoms with Crippen molar-refractivity contribution in [1.29, 1.82) is 0 Å². The van der Waals surface area contributed by atoms with Crippen LogP contribution in [0.5, 0.6) is 0 Å². The molecule has 1 aromatic carbocycles. The second-order valence-electron chi connectivity index (χ2n) is 5.08. The summed E-state index contributed by atoms with van der Waals surface area (Å²) in [5.41, 5.74) is 0.371. The van der Waals surface area contributed by atoms with E-state index in [1.54, 1.807) is 13.0 Å². The highest BCUT2D eigenvalue weighted by Crippen LogP contribution is 2.27. The third-order valence-electron chi connectivity index (χ3n) is 3.07. The van der Waals surface area contributed by atoms with E-state index in [0.29, 0.717) is 5.56 Å². The fourth-order valence-electron chi connectivity index (χ4n) is 2.04. The first-order chi connectivity index (χ1) is 10.6. The van der Waals surface area contributed by atoms with Crippen molar-refractivity contribution in [3.63, 3.8) is 0 Å². The molecule has 0 unspecified atom stereocenters. The third-order valence-corrected chi connectivity index (χ3v) is 4.33. The minimum atomic E-state index is -3.56. The first-order valence-electron chi connectivity index (χ1n) is 6.49. The minimum Gasteiger partial charge on any atom is -0.337 e. The number of pyridine rings is 1. The van der Waals surface area contributed by atoms with E-state index in [1.807, 2.05) is 22.6 Å². The van der Waals surface area contributed by atoms with E-state index in [1.165, 1.54) is 29.8 Å². The Morgan fingerprint density at radius 2 is 1.87 bits per heavy atom. The van der Waals surface area contributed by atoms with Gasteiger partial charge in [0.05, 0.1) is 17.6 Å². The molecule has 0 radical (unpaired) electrons. The van der Waals surface area contributed by atoms with Gasteiger partial charge in [0.2, 0.25) is 10.0 Å². The number of aryl methyl sites for hydroxylation is 1. The topological polar surface area (TPSA) is 80.2 Å². The molecule has 0 spiro atoms. The normalized spacial score (nSPS) is 11.3. The van der Waals surface area contributed by atoms with E-state index >= 15 is 0 Å². The minimum absolute atomic E-state index is 0.140. The number of halogens is 2. The van der Waals surface area contributed by atoms with Crippen molar-refractivity contribution in [3.8, 4) is 0 Å². The third kappa shape index (κ3) is 4.22. The molecule has 2 N–H and O–H groups in total. The van der Waals surface area contributed by atoms with Gasteiger partial charge in [-0.1, -0.05) is 0 Å². The number of nitrogens with zero attached hydrogens (tertiary/aromatic N) is 1. The Labute approximate surface area is 146 Å². The molecule has 2 rings (SSSR count). The van der Waals surface area contributed by atoms with Gasteiger partial charge in [0.1, 0.15) is 11.6 Å². The molecule has 124 valence electrons. The summed E-state index contributed by atoms with van der Waals surface area (Å²) in [7, 11) is -2.07. The van der Waals surface area contributed by atoms with Crippen LogP contribution in [0.3, 0.4) is 0 Å². The highest BCUT2D eigenvalue weighted by molar-refractivity contribution is 14.1. The van der Waals surface area contributed by atoms with E-state index in [4.69, 9.17) is 0 Å². The summed E-state index contributed by atoms with van der Waals surface area (Å²) in [4.78, 5) is 12.1. The summed E-state index contributed by atoms with van der Waals surface area (Å²) in [5, 5.41) is 2.78. The van der Waals surface area contributed by atoms with Crippen LogP contribution in [0.15, 0.2) is 29.1 Å². The molecule has 0 aliphatic rings. The van der Waals surface area contributed by atoms with Gasteiger partial charge < -0.3 is 5.32 Å². The Morgan fingerprint density at radius 1 is 1.22 bits per heavy atom. The molecule has 0 aliphatic carbocycles. The number of hydrogen-bond donors (Lipinski definition) is 2. The zero-order valence-corrected chi connectivity index (χ0v) is 15.6. The molecule has 0 amide bonds. The van der Waals surface area contributed by atoms with Gasteiger partial charge in [-0.05, 0) is 53.8 Å². The number of benzene rings is 1. The summed E-state index contributed by atoms with van der Waals surface area (Å²) in [6.45, 7) is 1.57. The number of sulfonamides is 1. The maximum Gasteiger partial charge on any atom is 0.254 e. The van der Waals surface area contributed by atoms with E-state index in [-0.39, 0.29) is 22.8 Å². The molecule has 0 fully saturated rings. The van der Waals surface area contributed by atoms with Crippen LogP contribution >= 0.6 is 22.6 Å². The number of aromatic nitrogens is 1. The van der Waals surface area contributed by atoms with Gasteiger partial charge in [-0.15, -0.1) is 0 Å². The molecule has 0 bridgehead atoms. The lowest BCUT2D eigenvalue weighted by molar-refractivity contribution is 0.606. The summed E-state index contributed by atoms with van der Waals surface area (Å²) in [6.07, 6.45) is 1.00. The maximum absolute atomic E-state index is 14.0. The van der Waals surface area contributed by atoms with Crippen molar-refractivity contribution in [1.82, 2.24) is 4.57 Å². The van der Waals surface area contributed by atoms with Crippen LogP contribution in [0, 0.1) is 16.3 Å². The molecule has 0 saturated carbocycles. The summed E-state index contributed by atoms with van der Waals surface area (Å²) in [6, 6.07) is 5.96. The van der Waals surface area contributed by atoms with Crippen molar-refractivity contribution in [2.45, 2.75) is 6.92 Å². The molecule has 0 saturated heterocycles. The van der Waals surface area contributed by atoms with Crippen LogP contribution < -0.4 is 15.6 Å². The Morgan fingerprint density at radius 3 is 2.43 bits per heavy atom. The van der Waals surface area contributed by atoms with Gasteiger partial charge in [-0.2, -0.15) is 0 Å². The van der Waals surface area contributed by atoms with Crippen molar-refractivity contribution < 1.29 is 12.8 Å². The van der Waals surface area contributed by atoms with Crippen LogP contribution in [0.2, 0.25) is 0 Å². The van der Waals surface area contributed by atoms with Gasteiger partial charge in [0, 0.05) is 16.2 Å². The number of anilines is 3. The molecule has 1 heterocycles. The molecule has 0 aliphatic heterocycles. The Hall–Kier alpha value is -1.62. The highest BCUT2D eigenvalue weighted by Gasteiger charge is 2.15. The van der Waals surface area contributed by atoms with Crippen LogP contribution in [0.1, 0.15) is 5.56 Å². The predicted molar refractivity (Wildman–Crippen MR) is 97.3 cm³/mol. The summed E-state index contributed by atoms with van der Waals surface area (Å²) in [5.74, 6) is -0.346. The molecular formula is C14H15FIN3O3S. The van der Waals surface area contributed by atoms with Gasteiger partial charge in [-0.25, -0.2) is 12.8 Å². The monoisotopic (exact) mass is 451 g/mol. The number of hydrogen-bond acceptors (Lipinski definition) is 4. The Kier molecular flexibility index (Phi) is 4.99. The van der Waals surface area contributed by atoms with E-state index in [2.05, 4.69) is 10.0 Å². The van der Waals surface area contributed by atoms with Crippen LogP contribution in [0.4, 0.5) is 21.6 Å². The molecular weight excluding hydrogens is 436 g/mol. The second kappa shape index (κ2) is 6.48. The Balaban J connectivity index is 2.59. The summed E-state index contributed by atoms with van der Waals surface area (Å²) >= 11 is 1.98. The van der Waals surface area contributed by atoms with Gasteiger partial charge in [-0.3, -0.25) is 14.1 Å². The molecule has 0 atom stereocenters. The zero-order chi connectivity index (χ0) is 17.4. The van der Waals surface area contributed by atoms with Crippen LogP contribution in [-0.2, 0) is 17.1 Å². The van der Waals surface area contributed by atoms with E-state index in [0.717, 1.165) is 9.83 Å². The number of nitrogens with one attached hydrogen (secondary N) is 2. The lowest BCUT2D eigenvalue weighted by Crippen LogP contribution is -2.24. The highest BCUT2D eigenvalue weighted by atomic mass is 127. The number of rotatable bonds is 4. The second-order valence-corrected chi connectivity index (χ2v) is 8.07. The first-order valence-corrected chi connectivity index (χ1v) is 9.46. The molecule has 23 heavy (non-hydrogen) atoms. The summed E-state index contributed by atoms with van der Waals surface area (Å²) < 4.78 is 41.4. The average Bonchev–Trinajstić information content (AvgIpc) is 2.41. The average molecular weight is 451 g/mol. The lowest BCUT2D eigenvalue weighted by atomic mass is 10.2. The van der Waals surface area contributed by atoms with Crippen molar-refractivity contribution in [2.75, 3.05) is 16.3 Å². The zero-order valence-electron chi connectivity index (χ0n) is 12.6. The Bertz CT molecular complexity index is 926. The molecule has 9 heteroatoms. The van der Waals surface area contributed by atoms with Gasteiger partial charge >= 0.3 is 0 Å². The fourth-order valence-corrected chi connectivity index (χ4v) is 3.05. The van der Waals surface area contributed by atoms with Crippen LogP contribution in [0.25, 0.3) is 0 Å². The van der Waals surface area contributed by atoms with Crippen molar-refractivity contribution >= 4 is 49.8 Å². The largest absolute Gasteiger partial charge is 0.337 e. The SMILES string of the molecule is Cc1cc(NS(C)(=O)=O)c(Nc2ccc(I)cc2F)n(C)c1=O. The van der Waals surface area contributed by atoms with E-state index in [9.17, 15) is 17.6 Å². The predicted octanol–water partition coefficient (Wildman–Crippen LogP) is 2.55. The van der Waals surface area contributed by atoms with Crippen molar-refractivity contribution in [3.05, 3.63) is 49.6 Å². The molecule has 6 nitrogen and oxygen atoms in total. The first kappa shape index (κ1) is 17.7. The smallest absolute Gasteiger partial charge is 0.254 e. The molecule has 1 aromatic heterocycles. The van der Waals surface area contributed by atoms with Crippen LogP contribution in [-0.4, -0.2) is 19.2 Å². The standard InChI is InChI=1S/C14H15FIN3O3S/c1-8-6-12(18-23(3,21)22)13(19(2)14(8)20)17-11-5-4-9(16)7-10(11)15/h4-7,17-18H,1-3H3. The van der Waals surface area contributed by atoms with E-state index < -0.39 is 15.8 Å². The lowest BCUT2D eigenvalue weighted by Gasteiger charge is -2.17. The van der Waals surface area contributed by atoms with Crippen molar-refractivity contribution in [2.24, 2.45) is 7.05 Å². The molecule has 2 aromatic rings. The fraction of sp³-hybridized carbons (Fsp3) is 0.214. The maximum atomic E-state index is 14.0. The van der Waals surface area contributed by atoms with Gasteiger partial charge in [0.15, 0.2) is 0 Å². The van der Waals surface area contributed by atoms with Gasteiger partial charge in [0.25, 0.3) is 5.56 Å². The quantitative estimate of drug-likeness (QED) is 0.701.